The molecule has 0 bridgehead atoms. The molecule has 234 valence electrons. The predicted molar refractivity (Wildman–Crippen MR) is 176 cm³/mol. The first-order valence-corrected chi connectivity index (χ1v) is 17.2. The van der Waals surface area contributed by atoms with Gasteiger partial charge in [-0.2, -0.15) is 0 Å². The van der Waals surface area contributed by atoms with E-state index in [9.17, 15) is 18.0 Å². The summed E-state index contributed by atoms with van der Waals surface area (Å²) < 4.78 is 44.8. The second kappa shape index (κ2) is 14.8. The van der Waals surface area contributed by atoms with Gasteiger partial charge in [0.05, 0.1) is 10.6 Å². The fourth-order valence-corrected chi connectivity index (χ4v) is 7.30. The number of sulfonamides is 1. The summed E-state index contributed by atoms with van der Waals surface area (Å²) in [7, 11) is -4.37. The fourth-order valence-electron chi connectivity index (χ4n) is 5.60. The molecule has 1 fully saturated rings. The number of rotatable bonds is 12. The van der Waals surface area contributed by atoms with E-state index in [4.69, 9.17) is 0 Å². The Balaban J connectivity index is 1.56. The zero-order chi connectivity index (χ0) is 31.8. The minimum absolute atomic E-state index is 0.00813. The molecule has 2 amide bonds. The normalized spacial score (nSPS) is 14.1. The van der Waals surface area contributed by atoms with Crippen LogP contribution in [0.5, 0.6) is 0 Å². The zero-order valence-corrected chi connectivity index (χ0v) is 27.1. The van der Waals surface area contributed by atoms with Crippen molar-refractivity contribution in [2.45, 2.75) is 55.6 Å². The second-order valence-electron chi connectivity index (χ2n) is 11.1. The van der Waals surface area contributed by atoms with Crippen molar-refractivity contribution in [1.29, 1.82) is 0 Å². The highest BCUT2D eigenvalue weighted by Gasteiger charge is 2.36. The van der Waals surface area contributed by atoms with Gasteiger partial charge in [0.1, 0.15) is 18.4 Å². The first-order chi connectivity index (χ1) is 21.7. The number of anilines is 1. The van der Waals surface area contributed by atoms with Crippen LogP contribution in [0.2, 0.25) is 0 Å². The third-order valence-electron chi connectivity index (χ3n) is 7.97. The third kappa shape index (κ3) is 8.18. The number of benzene rings is 4. The van der Waals surface area contributed by atoms with E-state index in [-0.39, 0.29) is 35.5 Å². The van der Waals surface area contributed by atoms with Crippen LogP contribution in [0.1, 0.15) is 36.8 Å². The summed E-state index contributed by atoms with van der Waals surface area (Å²) in [5, 5.41) is 3.15. The molecule has 0 unspecified atom stereocenters. The summed E-state index contributed by atoms with van der Waals surface area (Å²) in [4.78, 5) is 29.8. The van der Waals surface area contributed by atoms with Crippen molar-refractivity contribution in [2.75, 3.05) is 10.8 Å². The number of hydrogen-bond acceptors (Lipinski definition) is 4. The van der Waals surface area contributed by atoms with Crippen LogP contribution in [-0.2, 0) is 32.6 Å². The molecular weight excluding hydrogens is 657 g/mol. The van der Waals surface area contributed by atoms with Gasteiger partial charge in [-0.1, -0.05) is 102 Å². The summed E-state index contributed by atoms with van der Waals surface area (Å²) >= 11 is 3.44. The molecule has 1 aliphatic rings. The van der Waals surface area contributed by atoms with Crippen LogP contribution in [0.15, 0.2) is 119 Å². The van der Waals surface area contributed by atoms with Crippen molar-refractivity contribution in [2.24, 2.45) is 0 Å². The van der Waals surface area contributed by atoms with E-state index in [1.54, 1.807) is 18.2 Å². The van der Waals surface area contributed by atoms with Crippen LogP contribution in [0.3, 0.4) is 0 Å². The Labute approximate surface area is 272 Å². The molecular formula is C35H35BrFN3O4S. The lowest BCUT2D eigenvalue weighted by Crippen LogP contribution is -2.54. The van der Waals surface area contributed by atoms with E-state index in [0.29, 0.717) is 0 Å². The molecule has 4 aromatic rings. The number of nitrogens with one attached hydrogen (secondary N) is 1. The fraction of sp³-hybridized carbons (Fsp3) is 0.257. The SMILES string of the molecule is O=C(NC1CCCC1)[C@@H](Cc1ccccc1)N(Cc1ccc(Br)cc1)C(=O)CN(c1ccccc1F)S(=O)(=O)c1ccccc1. The maximum atomic E-state index is 15.2. The molecule has 1 atom stereocenters. The van der Waals surface area contributed by atoms with Crippen LogP contribution in [-0.4, -0.2) is 43.8 Å². The quantitative estimate of drug-likeness (QED) is 0.184. The van der Waals surface area contributed by atoms with E-state index in [1.807, 2.05) is 54.6 Å². The van der Waals surface area contributed by atoms with Crippen molar-refractivity contribution in [3.05, 3.63) is 131 Å². The Hall–Kier alpha value is -4.02. The van der Waals surface area contributed by atoms with Crippen LogP contribution in [0.4, 0.5) is 10.1 Å². The molecule has 45 heavy (non-hydrogen) atoms. The highest BCUT2D eigenvalue weighted by atomic mass is 79.9. The van der Waals surface area contributed by atoms with Crippen molar-refractivity contribution >= 4 is 43.5 Å². The number of carbonyl (C=O) groups excluding carboxylic acids is 2. The largest absolute Gasteiger partial charge is 0.352 e. The lowest BCUT2D eigenvalue weighted by Gasteiger charge is -2.34. The number of amides is 2. The third-order valence-corrected chi connectivity index (χ3v) is 10.3. The molecule has 5 rings (SSSR count). The molecule has 4 aromatic carbocycles. The standard InChI is InChI=1S/C35H35BrFN3O4S/c36-28-21-19-27(20-22-28)24-39(33(23-26-11-3-1-4-12-26)35(42)38-29-13-7-8-14-29)34(41)25-40(32-18-10-9-17-31(32)37)45(43,44)30-15-5-2-6-16-30/h1-6,9-12,15-22,29,33H,7-8,13-14,23-25H2,(H,38,42)/t33-/m1/s1. The maximum Gasteiger partial charge on any atom is 0.264 e. The van der Waals surface area contributed by atoms with Gasteiger partial charge in [-0.3, -0.25) is 13.9 Å². The maximum absolute atomic E-state index is 15.2. The monoisotopic (exact) mass is 691 g/mol. The topological polar surface area (TPSA) is 86.8 Å². The number of nitrogens with zero attached hydrogens (tertiary/aromatic N) is 2. The average Bonchev–Trinajstić information content (AvgIpc) is 3.56. The Morgan fingerprint density at radius 1 is 0.822 bits per heavy atom. The summed E-state index contributed by atoms with van der Waals surface area (Å²) in [6.45, 7) is -0.672. The highest BCUT2D eigenvalue weighted by Crippen LogP contribution is 2.27. The molecule has 0 radical (unpaired) electrons. The molecule has 10 heteroatoms. The smallest absolute Gasteiger partial charge is 0.264 e. The molecule has 1 aliphatic carbocycles. The summed E-state index contributed by atoms with van der Waals surface area (Å²) in [6, 6.07) is 28.9. The molecule has 0 aliphatic heterocycles. The summed E-state index contributed by atoms with van der Waals surface area (Å²) in [6.07, 6.45) is 3.98. The van der Waals surface area contributed by atoms with Gasteiger partial charge in [0.2, 0.25) is 11.8 Å². The summed E-state index contributed by atoms with van der Waals surface area (Å²) in [5.74, 6) is -1.73. The van der Waals surface area contributed by atoms with Crippen molar-refractivity contribution in [3.63, 3.8) is 0 Å². The van der Waals surface area contributed by atoms with Crippen LogP contribution in [0, 0.1) is 5.82 Å². The zero-order valence-electron chi connectivity index (χ0n) is 24.7. The molecule has 0 spiro atoms. The van der Waals surface area contributed by atoms with E-state index in [2.05, 4.69) is 21.2 Å². The Kier molecular flexibility index (Phi) is 10.7. The van der Waals surface area contributed by atoms with Crippen molar-refractivity contribution < 1.29 is 22.4 Å². The van der Waals surface area contributed by atoms with E-state index < -0.39 is 34.3 Å². The Morgan fingerprint density at radius 2 is 1.42 bits per heavy atom. The minimum atomic E-state index is -4.37. The molecule has 1 saturated carbocycles. The van der Waals surface area contributed by atoms with Crippen molar-refractivity contribution in [1.82, 2.24) is 10.2 Å². The van der Waals surface area contributed by atoms with Crippen LogP contribution < -0.4 is 9.62 Å². The van der Waals surface area contributed by atoms with Gasteiger partial charge in [0.15, 0.2) is 0 Å². The van der Waals surface area contributed by atoms with Gasteiger partial charge >= 0.3 is 0 Å². The number of carbonyl (C=O) groups is 2. The number of hydrogen-bond donors (Lipinski definition) is 1. The summed E-state index contributed by atoms with van der Waals surface area (Å²) in [5.41, 5.74) is 1.34. The van der Waals surface area contributed by atoms with E-state index in [0.717, 1.165) is 51.7 Å². The van der Waals surface area contributed by atoms with Crippen molar-refractivity contribution in [3.8, 4) is 0 Å². The van der Waals surface area contributed by atoms with Gasteiger partial charge < -0.3 is 10.2 Å². The molecule has 0 saturated heterocycles. The molecule has 0 heterocycles. The highest BCUT2D eigenvalue weighted by molar-refractivity contribution is 9.10. The second-order valence-corrected chi connectivity index (χ2v) is 13.9. The van der Waals surface area contributed by atoms with Crippen LogP contribution in [0.25, 0.3) is 0 Å². The first kappa shape index (κ1) is 32.4. The average molecular weight is 693 g/mol. The van der Waals surface area contributed by atoms with Gasteiger partial charge in [0, 0.05) is 23.5 Å². The lowest BCUT2D eigenvalue weighted by atomic mass is 10.0. The van der Waals surface area contributed by atoms with E-state index in [1.165, 1.54) is 35.2 Å². The number of para-hydroxylation sites is 1. The molecule has 0 aromatic heterocycles. The molecule has 1 N–H and O–H groups in total. The Bertz CT molecular complexity index is 1700. The van der Waals surface area contributed by atoms with Gasteiger partial charge in [-0.05, 0) is 60.4 Å². The molecule has 7 nitrogen and oxygen atoms in total. The minimum Gasteiger partial charge on any atom is -0.352 e. The lowest BCUT2D eigenvalue weighted by molar-refractivity contribution is -0.140. The van der Waals surface area contributed by atoms with Crippen LogP contribution >= 0.6 is 15.9 Å². The predicted octanol–water partition coefficient (Wildman–Crippen LogP) is 6.48. The van der Waals surface area contributed by atoms with Gasteiger partial charge in [0.25, 0.3) is 10.0 Å². The number of halogens is 2. The Morgan fingerprint density at radius 3 is 2.07 bits per heavy atom. The first-order valence-electron chi connectivity index (χ1n) is 14.9. The van der Waals surface area contributed by atoms with Gasteiger partial charge in [-0.25, -0.2) is 12.8 Å². The van der Waals surface area contributed by atoms with E-state index >= 15 is 4.39 Å². The van der Waals surface area contributed by atoms with Gasteiger partial charge in [-0.15, -0.1) is 0 Å².